The van der Waals surface area contributed by atoms with Crippen molar-refractivity contribution in [3.63, 3.8) is 0 Å². The molecule has 0 aromatic rings. The fourth-order valence-corrected chi connectivity index (χ4v) is 2.48. The monoisotopic (exact) mass is 285 g/mol. The van der Waals surface area contributed by atoms with E-state index in [1.165, 1.54) is 0 Å². The zero-order valence-corrected chi connectivity index (χ0v) is 12.0. The second kappa shape index (κ2) is 7.12. The maximum atomic E-state index is 12.1. The molecule has 7 heteroatoms. The lowest BCUT2D eigenvalue weighted by atomic mass is 9.94. The number of aliphatic carboxylic acids is 1. The van der Waals surface area contributed by atoms with Crippen LogP contribution in [0.5, 0.6) is 0 Å². The van der Waals surface area contributed by atoms with E-state index in [0.717, 1.165) is 12.8 Å². The van der Waals surface area contributed by atoms with Gasteiger partial charge in [-0.1, -0.05) is 6.92 Å². The van der Waals surface area contributed by atoms with Crippen molar-refractivity contribution in [2.75, 3.05) is 6.54 Å². The molecule has 2 unspecified atom stereocenters. The Morgan fingerprint density at radius 3 is 2.55 bits per heavy atom. The van der Waals surface area contributed by atoms with Crippen molar-refractivity contribution in [3.05, 3.63) is 0 Å². The summed E-state index contributed by atoms with van der Waals surface area (Å²) >= 11 is 0. The van der Waals surface area contributed by atoms with E-state index in [0.29, 0.717) is 12.5 Å². The number of likely N-dealkylation sites (tertiary alicyclic amines) is 1. The van der Waals surface area contributed by atoms with Crippen LogP contribution in [0.25, 0.3) is 0 Å². The highest BCUT2D eigenvalue weighted by Crippen LogP contribution is 2.22. The second-order valence-electron chi connectivity index (χ2n) is 5.52. The number of nitrogens with zero attached hydrogens (tertiary/aromatic N) is 1. The summed E-state index contributed by atoms with van der Waals surface area (Å²) in [6, 6.07) is -1.38. The molecular formula is C13H23N3O4. The third-order valence-electron chi connectivity index (χ3n) is 3.67. The van der Waals surface area contributed by atoms with Gasteiger partial charge in [-0.15, -0.1) is 0 Å². The van der Waals surface area contributed by atoms with Crippen LogP contribution in [0.4, 0.5) is 4.79 Å². The van der Waals surface area contributed by atoms with Crippen LogP contribution >= 0.6 is 0 Å². The fourth-order valence-electron chi connectivity index (χ4n) is 2.48. The van der Waals surface area contributed by atoms with Gasteiger partial charge >= 0.3 is 12.0 Å². The lowest BCUT2D eigenvalue weighted by Crippen LogP contribution is -2.53. The van der Waals surface area contributed by atoms with Gasteiger partial charge in [-0.25, -0.2) is 9.59 Å². The molecule has 0 aliphatic carbocycles. The van der Waals surface area contributed by atoms with Gasteiger partial charge < -0.3 is 21.1 Å². The van der Waals surface area contributed by atoms with Crippen LogP contribution in [0.2, 0.25) is 0 Å². The lowest BCUT2D eigenvalue weighted by Gasteiger charge is -2.37. The van der Waals surface area contributed by atoms with Gasteiger partial charge in [0.1, 0.15) is 6.04 Å². The Labute approximate surface area is 118 Å². The normalized spacial score (nSPS) is 24.0. The van der Waals surface area contributed by atoms with Crippen LogP contribution in [0, 0.1) is 5.92 Å². The van der Waals surface area contributed by atoms with Gasteiger partial charge in [0.15, 0.2) is 0 Å². The summed E-state index contributed by atoms with van der Waals surface area (Å²) in [5.74, 6) is -1.16. The maximum absolute atomic E-state index is 12.1. The SMILES string of the molecule is CC1CCN(C(=O)N[C@@H](CCC(N)=O)C(=O)O)C(C)C1. The average molecular weight is 285 g/mol. The molecule has 114 valence electrons. The van der Waals surface area contributed by atoms with Gasteiger partial charge in [-0.2, -0.15) is 0 Å². The van der Waals surface area contributed by atoms with Gasteiger partial charge in [0.05, 0.1) is 0 Å². The minimum Gasteiger partial charge on any atom is -0.480 e. The molecule has 0 spiro atoms. The molecule has 20 heavy (non-hydrogen) atoms. The lowest BCUT2D eigenvalue weighted by molar-refractivity contribution is -0.139. The molecule has 0 aromatic carbocycles. The van der Waals surface area contributed by atoms with Gasteiger partial charge in [-0.3, -0.25) is 4.79 Å². The molecule has 1 aliphatic rings. The van der Waals surface area contributed by atoms with Crippen LogP contribution in [0.1, 0.15) is 39.5 Å². The first kappa shape index (κ1) is 16.3. The number of nitrogens with two attached hydrogens (primary N) is 1. The number of amides is 3. The Morgan fingerprint density at radius 2 is 2.05 bits per heavy atom. The number of rotatable bonds is 5. The van der Waals surface area contributed by atoms with Crippen molar-refractivity contribution >= 4 is 17.9 Å². The number of piperidine rings is 1. The highest BCUT2D eigenvalue weighted by atomic mass is 16.4. The van der Waals surface area contributed by atoms with E-state index in [4.69, 9.17) is 10.8 Å². The smallest absolute Gasteiger partial charge is 0.326 e. The number of carboxylic acids is 1. The highest BCUT2D eigenvalue weighted by molar-refractivity contribution is 5.83. The van der Waals surface area contributed by atoms with Crippen LogP contribution in [-0.2, 0) is 9.59 Å². The van der Waals surface area contributed by atoms with Crippen LogP contribution < -0.4 is 11.1 Å². The summed E-state index contributed by atoms with van der Waals surface area (Å²) in [6.45, 7) is 4.71. The minimum atomic E-state index is -1.15. The Balaban J connectivity index is 2.57. The Hall–Kier alpha value is -1.79. The summed E-state index contributed by atoms with van der Waals surface area (Å²) in [5, 5.41) is 11.5. The third-order valence-corrected chi connectivity index (χ3v) is 3.67. The summed E-state index contributed by atoms with van der Waals surface area (Å²) < 4.78 is 0. The van der Waals surface area contributed by atoms with Gasteiger partial charge in [0, 0.05) is 19.0 Å². The zero-order valence-electron chi connectivity index (χ0n) is 12.0. The number of carbonyl (C=O) groups excluding carboxylic acids is 2. The zero-order chi connectivity index (χ0) is 15.3. The third kappa shape index (κ3) is 4.71. The number of hydrogen-bond acceptors (Lipinski definition) is 3. The molecule has 3 amide bonds. The molecule has 0 aromatic heterocycles. The molecule has 1 saturated heterocycles. The first-order valence-corrected chi connectivity index (χ1v) is 6.89. The number of urea groups is 1. The molecule has 1 heterocycles. The first-order chi connectivity index (χ1) is 9.31. The topological polar surface area (TPSA) is 113 Å². The van der Waals surface area contributed by atoms with Crippen molar-refractivity contribution in [3.8, 4) is 0 Å². The molecule has 0 bridgehead atoms. The summed E-state index contributed by atoms with van der Waals surface area (Å²) in [5.41, 5.74) is 5.00. The van der Waals surface area contributed by atoms with E-state index in [-0.39, 0.29) is 24.9 Å². The fraction of sp³-hybridized carbons (Fsp3) is 0.769. The van der Waals surface area contributed by atoms with E-state index in [1.807, 2.05) is 6.92 Å². The quantitative estimate of drug-likeness (QED) is 0.684. The van der Waals surface area contributed by atoms with E-state index in [2.05, 4.69) is 12.2 Å². The number of carbonyl (C=O) groups is 3. The van der Waals surface area contributed by atoms with E-state index in [9.17, 15) is 14.4 Å². The second-order valence-corrected chi connectivity index (χ2v) is 5.52. The average Bonchev–Trinajstić information content (AvgIpc) is 2.33. The number of hydrogen-bond donors (Lipinski definition) is 3. The molecule has 1 fully saturated rings. The van der Waals surface area contributed by atoms with Crippen molar-refractivity contribution in [2.45, 2.75) is 51.6 Å². The Bertz CT molecular complexity index is 386. The van der Waals surface area contributed by atoms with E-state index < -0.39 is 17.9 Å². The maximum Gasteiger partial charge on any atom is 0.326 e. The van der Waals surface area contributed by atoms with Crippen LogP contribution in [-0.4, -0.2) is 46.5 Å². The summed E-state index contributed by atoms with van der Waals surface area (Å²) in [4.78, 5) is 35.5. The van der Waals surface area contributed by atoms with Crippen LogP contribution in [0.15, 0.2) is 0 Å². The van der Waals surface area contributed by atoms with Crippen LogP contribution in [0.3, 0.4) is 0 Å². The summed E-state index contributed by atoms with van der Waals surface area (Å²) in [6.07, 6.45) is 1.77. The van der Waals surface area contributed by atoms with Gasteiger partial charge in [0.2, 0.25) is 5.91 Å². The number of carboxylic acid groups (broad SMARTS) is 1. The predicted molar refractivity (Wildman–Crippen MR) is 72.9 cm³/mol. The van der Waals surface area contributed by atoms with Crippen molar-refractivity contribution < 1.29 is 19.5 Å². The van der Waals surface area contributed by atoms with Gasteiger partial charge in [0.25, 0.3) is 0 Å². The molecule has 0 saturated carbocycles. The Morgan fingerprint density at radius 1 is 1.40 bits per heavy atom. The van der Waals surface area contributed by atoms with Crippen molar-refractivity contribution in [1.29, 1.82) is 0 Å². The number of nitrogens with one attached hydrogen (secondary N) is 1. The van der Waals surface area contributed by atoms with E-state index >= 15 is 0 Å². The van der Waals surface area contributed by atoms with Crippen molar-refractivity contribution in [2.24, 2.45) is 11.7 Å². The van der Waals surface area contributed by atoms with Gasteiger partial charge in [-0.05, 0) is 32.1 Å². The largest absolute Gasteiger partial charge is 0.480 e. The molecular weight excluding hydrogens is 262 g/mol. The molecule has 0 radical (unpaired) electrons. The predicted octanol–water partition coefficient (Wildman–Crippen LogP) is 0.535. The van der Waals surface area contributed by atoms with E-state index in [1.54, 1.807) is 4.90 Å². The molecule has 7 nitrogen and oxygen atoms in total. The standard InChI is InChI=1S/C13H23N3O4/c1-8-5-6-16(9(2)7-8)13(20)15-10(12(18)19)3-4-11(14)17/h8-10H,3-7H2,1-2H3,(H2,14,17)(H,15,20)(H,18,19)/t8?,9?,10-/m0/s1. The number of primary amides is 1. The highest BCUT2D eigenvalue weighted by Gasteiger charge is 2.29. The summed E-state index contributed by atoms with van der Waals surface area (Å²) in [7, 11) is 0. The molecule has 3 atom stereocenters. The molecule has 1 aliphatic heterocycles. The minimum absolute atomic E-state index is 0.00896. The Kier molecular flexibility index (Phi) is 5.79. The molecule has 4 N–H and O–H groups in total. The van der Waals surface area contributed by atoms with Crippen molar-refractivity contribution in [1.82, 2.24) is 10.2 Å². The first-order valence-electron chi connectivity index (χ1n) is 6.89. The molecule has 1 rings (SSSR count).